The Kier molecular flexibility index (Phi) is 4.46. The van der Waals surface area contributed by atoms with Crippen LogP contribution in [-0.2, 0) is 4.74 Å². The minimum atomic E-state index is -0.280. The van der Waals surface area contributed by atoms with Crippen LogP contribution in [-0.4, -0.2) is 51.9 Å². The molecule has 1 saturated heterocycles. The van der Waals surface area contributed by atoms with Gasteiger partial charge in [-0.1, -0.05) is 11.8 Å². The van der Waals surface area contributed by atoms with Crippen molar-refractivity contribution in [1.82, 2.24) is 14.5 Å². The van der Waals surface area contributed by atoms with E-state index in [0.717, 1.165) is 10.8 Å². The molecule has 23 heavy (non-hydrogen) atoms. The lowest BCUT2D eigenvalue weighted by molar-refractivity contribution is -0.0764. The number of rotatable bonds is 3. The highest BCUT2D eigenvalue weighted by Gasteiger charge is 2.30. The van der Waals surface area contributed by atoms with Crippen molar-refractivity contribution in [3.05, 3.63) is 42.2 Å². The molecule has 0 bridgehead atoms. The summed E-state index contributed by atoms with van der Waals surface area (Å²) in [4.78, 5) is 18.8. The van der Waals surface area contributed by atoms with Crippen LogP contribution in [0.5, 0.6) is 0 Å². The summed E-state index contributed by atoms with van der Waals surface area (Å²) in [6.45, 7) is 5.87. The highest BCUT2D eigenvalue weighted by molar-refractivity contribution is 7.98. The van der Waals surface area contributed by atoms with Crippen molar-refractivity contribution in [2.75, 3.05) is 26.0 Å². The summed E-state index contributed by atoms with van der Waals surface area (Å²) in [6.07, 6.45) is 5.70. The third-order valence-corrected chi connectivity index (χ3v) is 4.56. The zero-order valence-electron chi connectivity index (χ0n) is 13.7. The molecule has 1 aromatic heterocycles. The Hall–Kier alpha value is -1.79. The molecule has 1 aromatic carbocycles. The number of benzene rings is 1. The molecule has 1 fully saturated rings. The van der Waals surface area contributed by atoms with Crippen molar-refractivity contribution < 1.29 is 9.53 Å². The van der Waals surface area contributed by atoms with Crippen LogP contribution in [0.25, 0.3) is 5.69 Å². The van der Waals surface area contributed by atoms with Crippen LogP contribution >= 0.6 is 11.8 Å². The number of hydrogen-bond donors (Lipinski definition) is 0. The first-order chi connectivity index (χ1) is 11.0. The second-order valence-corrected chi connectivity index (χ2v) is 6.94. The number of nitrogens with zero attached hydrogens (tertiary/aromatic N) is 3. The van der Waals surface area contributed by atoms with Gasteiger partial charge in [-0.2, -0.15) is 0 Å². The van der Waals surface area contributed by atoms with Crippen LogP contribution in [0.15, 0.2) is 41.8 Å². The van der Waals surface area contributed by atoms with E-state index in [4.69, 9.17) is 4.74 Å². The summed E-state index contributed by atoms with van der Waals surface area (Å²) in [6, 6.07) is 7.68. The Morgan fingerprint density at radius 2 is 2.04 bits per heavy atom. The molecule has 0 radical (unpaired) electrons. The second-order valence-electron chi connectivity index (χ2n) is 6.17. The number of morpholine rings is 1. The summed E-state index contributed by atoms with van der Waals surface area (Å²) in [5, 5.41) is 0.930. The third-order valence-electron chi connectivity index (χ3n) is 3.89. The van der Waals surface area contributed by atoms with Gasteiger partial charge in [-0.3, -0.25) is 9.36 Å². The van der Waals surface area contributed by atoms with Crippen LogP contribution < -0.4 is 0 Å². The van der Waals surface area contributed by atoms with E-state index in [2.05, 4.69) is 4.98 Å². The van der Waals surface area contributed by atoms with Crippen LogP contribution in [0.3, 0.4) is 0 Å². The predicted octanol–water partition coefficient (Wildman–Crippen LogP) is 2.85. The number of hydrogen-bond acceptors (Lipinski definition) is 4. The zero-order chi connectivity index (χ0) is 16.4. The molecular formula is C17H21N3O2S. The molecule has 0 saturated carbocycles. The Labute approximate surface area is 140 Å². The normalized spacial score (nSPS) is 17.3. The van der Waals surface area contributed by atoms with Gasteiger partial charge in [0.05, 0.1) is 12.2 Å². The minimum Gasteiger partial charge on any atom is -0.372 e. The van der Waals surface area contributed by atoms with E-state index in [1.807, 2.05) is 60.0 Å². The van der Waals surface area contributed by atoms with E-state index < -0.39 is 0 Å². The number of thioether (sulfide) groups is 1. The highest BCUT2D eigenvalue weighted by atomic mass is 32.2. The lowest BCUT2D eigenvalue weighted by Gasteiger charge is -2.38. The summed E-state index contributed by atoms with van der Waals surface area (Å²) >= 11 is 1.59. The van der Waals surface area contributed by atoms with Gasteiger partial charge in [0.15, 0.2) is 5.16 Å². The van der Waals surface area contributed by atoms with E-state index in [1.54, 1.807) is 18.0 Å². The van der Waals surface area contributed by atoms with Crippen molar-refractivity contribution in [3.63, 3.8) is 0 Å². The monoisotopic (exact) mass is 331 g/mol. The molecule has 2 heterocycles. The molecule has 2 aromatic rings. The maximum atomic E-state index is 12.7. The molecule has 0 aliphatic carbocycles. The van der Waals surface area contributed by atoms with Gasteiger partial charge in [0.2, 0.25) is 0 Å². The molecule has 1 amide bonds. The topological polar surface area (TPSA) is 47.4 Å². The lowest BCUT2D eigenvalue weighted by atomic mass is 10.1. The van der Waals surface area contributed by atoms with E-state index in [-0.39, 0.29) is 11.5 Å². The van der Waals surface area contributed by atoms with Gasteiger partial charge in [0.1, 0.15) is 0 Å². The molecule has 1 aliphatic rings. The van der Waals surface area contributed by atoms with Gasteiger partial charge in [-0.05, 0) is 44.4 Å². The first kappa shape index (κ1) is 16.1. The van der Waals surface area contributed by atoms with Crippen molar-refractivity contribution >= 4 is 17.7 Å². The fourth-order valence-electron chi connectivity index (χ4n) is 2.77. The average molecular weight is 331 g/mol. The van der Waals surface area contributed by atoms with Gasteiger partial charge >= 0.3 is 0 Å². The van der Waals surface area contributed by atoms with Gasteiger partial charge in [0.25, 0.3) is 5.91 Å². The van der Waals surface area contributed by atoms with E-state index in [0.29, 0.717) is 25.3 Å². The Morgan fingerprint density at radius 1 is 1.30 bits per heavy atom. The molecule has 6 heteroatoms. The van der Waals surface area contributed by atoms with Gasteiger partial charge in [-0.15, -0.1) is 0 Å². The second kappa shape index (κ2) is 6.37. The predicted molar refractivity (Wildman–Crippen MR) is 91.3 cm³/mol. The van der Waals surface area contributed by atoms with E-state index >= 15 is 0 Å². The molecule has 0 atom stereocenters. The summed E-state index contributed by atoms with van der Waals surface area (Å²) in [5.41, 5.74) is 1.43. The standard InChI is InChI=1S/C17H21N3O2S/c1-17(2)12-19(10-11-22-17)15(21)13-4-6-14(7-5-13)20-9-8-18-16(20)23-3/h4-9H,10-12H2,1-3H3. The summed E-state index contributed by atoms with van der Waals surface area (Å²) in [7, 11) is 0. The Morgan fingerprint density at radius 3 is 2.70 bits per heavy atom. The number of imidazole rings is 1. The Balaban J connectivity index is 1.78. The number of aromatic nitrogens is 2. The van der Waals surface area contributed by atoms with Gasteiger partial charge in [-0.25, -0.2) is 4.98 Å². The summed E-state index contributed by atoms with van der Waals surface area (Å²) < 4.78 is 7.68. The van der Waals surface area contributed by atoms with Crippen molar-refractivity contribution in [3.8, 4) is 5.69 Å². The molecular weight excluding hydrogens is 310 g/mol. The third kappa shape index (κ3) is 3.43. The molecule has 122 valence electrons. The summed E-state index contributed by atoms with van der Waals surface area (Å²) in [5.74, 6) is 0.0589. The quantitative estimate of drug-likeness (QED) is 0.812. The van der Waals surface area contributed by atoms with Crippen LogP contribution in [0.1, 0.15) is 24.2 Å². The molecule has 3 rings (SSSR count). The number of carbonyl (C=O) groups is 1. The van der Waals surface area contributed by atoms with Crippen LogP contribution in [0, 0.1) is 0 Å². The van der Waals surface area contributed by atoms with Gasteiger partial charge in [0, 0.05) is 36.7 Å². The van der Waals surface area contributed by atoms with E-state index in [9.17, 15) is 4.79 Å². The maximum Gasteiger partial charge on any atom is 0.254 e. The molecule has 0 unspecified atom stereocenters. The zero-order valence-corrected chi connectivity index (χ0v) is 14.5. The van der Waals surface area contributed by atoms with E-state index in [1.165, 1.54) is 0 Å². The Bertz CT molecular complexity index is 694. The highest BCUT2D eigenvalue weighted by Crippen LogP contribution is 2.21. The number of carbonyl (C=O) groups excluding carboxylic acids is 1. The lowest BCUT2D eigenvalue weighted by Crippen LogP contribution is -2.50. The molecule has 0 N–H and O–H groups in total. The molecule has 0 spiro atoms. The average Bonchev–Trinajstić information content (AvgIpc) is 3.02. The van der Waals surface area contributed by atoms with Crippen molar-refractivity contribution in [2.45, 2.75) is 24.6 Å². The van der Waals surface area contributed by atoms with Gasteiger partial charge < -0.3 is 9.64 Å². The smallest absolute Gasteiger partial charge is 0.254 e. The first-order valence-corrected chi connectivity index (χ1v) is 8.84. The minimum absolute atomic E-state index is 0.0589. The van der Waals surface area contributed by atoms with Crippen molar-refractivity contribution in [2.24, 2.45) is 0 Å². The van der Waals surface area contributed by atoms with Crippen LogP contribution in [0.4, 0.5) is 0 Å². The number of amides is 1. The SMILES string of the molecule is CSc1nccn1-c1ccc(C(=O)N2CCOC(C)(C)C2)cc1. The van der Waals surface area contributed by atoms with Crippen LogP contribution in [0.2, 0.25) is 0 Å². The largest absolute Gasteiger partial charge is 0.372 e. The first-order valence-electron chi connectivity index (χ1n) is 7.61. The fourth-order valence-corrected chi connectivity index (χ4v) is 3.30. The van der Waals surface area contributed by atoms with Crippen molar-refractivity contribution in [1.29, 1.82) is 0 Å². The number of ether oxygens (including phenoxy) is 1. The maximum absolute atomic E-state index is 12.7. The molecule has 5 nitrogen and oxygen atoms in total. The fraction of sp³-hybridized carbons (Fsp3) is 0.412. The molecule has 1 aliphatic heterocycles.